The first-order chi connectivity index (χ1) is 9.89. The summed E-state index contributed by atoms with van der Waals surface area (Å²) in [6, 6.07) is 2.07. The van der Waals surface area contributed by atoms with Gasteiger partial charge in [0.1, 0.15) is 5.01 Å². The van der Waals surface area contributed by atoms with E-state index in [1.807, 2.05) is 6.20 Å². The summed E-state index contributed by atoms with van der Waals surface area (Å²) >= 11 is 5.24. The van der Waals surface area contributed by atoms with E-state index < -0.39 is 0 Å². The molecule has 2 heterocycles. The summed E-state index contributed by atoms with van der Waals surface area (Å²) in [7, 11) is 0. The molecule has 0 atom stereocenters. The molecule has 0 aliphatic rings. The number of hydrogen-bond donors (Lipinski definition) is 1. The molecule has 0 saturated carbocycles. The maximum atomic E-state index is 4.83. The molecule has 3 nitrogen and oxygen atoms in total. The molecule has 0 spiro atoms. The fourth-order valence-corrected chi connectivity index (χ4v) is 3.34. The maximum absolute atomic E-state index is 4.83. The van der Waals surface area contributed by atoms with Gasteiger partial charge in [-0.2, -0.15) is 0 Å². The van der Waals surface area contributed by atoms with E-state index in [4.69, 9.17) is 4.98 Å². The minimum Gasteiger partial charge on any atom is -0.307 e. The van der Waals surface area contributed by atoms with Gasteiger partial charge in [-0.05, 0) is 49.2 Å². The Kier molecular flexibility index (Phi) is 5.52. The number of hydrogen-bond acceptors (Lipinski definition) is 4. The van der Waals surface area contributed by atoms with Crippen LogP contribution in [0.15, 0.2) is 22.9 Å². The highest BCUT2D eigenvalue weighted by Gasteiger charge is 2.15. The van der Waals surface area contributed by atoms with Crippen molar-refractivity contribution < 1.29 is 0 Å². The van der Waals surface area contributed by atoms with E-state index in [9.17, 15) is 0 Å². The van der Waals surface area contributed by atoms with Crippen LogP contribution >= 0.6 is 27.3 Å². The third-order valence-electron chi connectivity index (χ3n) is 3.00. The summed E-state index contributed by atoms with van der Waals surface area (Å²) in [4.78, 5) is 10.4. The molecular weight excluding hydrogens is 346 g/mol. The van der Waals surface area contributed by atoms with Crippen LogP contribution in [-0.2, 0) is 13.0 Å². The molecular formula is C16H22BrN3S. The lowest BCUT2D eigenvalue weighted by molar-refractivity contribution is 0.425. The lowest BCUT2D eigenvalue weighted by atomic mass is 10.1. The van der Waals surface area contributed by atoms with Gasteiger partial charge in [-0.15, -0.1) is 11.3 Å². The maximum Gasteiger partial charge on any atom is 0.125 e. The number of nitrogens with zero attached hydrogens (tertiary/aromatic N) is 2. The summed E-state index contributed by atoms with van der Waals surface area (Å²) in [5, 5.41) is 4.61. The third kappa shape index (κ3) is 4.87. The van der Waals surface area contributed by atoms with Crippen molar-refractivity contribution in [3.63, 3.8) is 0 Å². The molecule has 0 bridgehead atoms. The van der Waals surface area contributed by atoms with Crippen LogP contribution < -0.4 is 5.32 Å². The number of thiazole rings is 1. The molecule has 1 N–H and O–H groups in total. The second-order valence-corrected chi connectivity index (χ2v) is 8.13. The van der Waals surface area contributed by atoms with Gasteiger partial charge < -0.3 is 5.32 Å². The van der Waals surface area contributed by atoms with E-state index in [2.05, 4.69) is 60.0 Å². The molecule has 0 radical (unpaired) electrons. The van der Waals surface area contributed by atoms with Crippen LogP contribution in [0.4, 0.5) is 0 Å². The smallest absolute Gasteiger partial charge is 0.125 e. The van der Waals surface area contributed by atoms with Crippen molar-refractivity contribution in [1.82, 2.24) is 15.3 Å². The molecule has 0 unspecified atom stereocenters. The minimum atomic E-state index is 0.116. The van der Waals surface area contributed by atoms with Crippen LogP contribution in [0, 0.1) is 0 Å². The molecule has 2 aromatic heterocycles. The Balaban J connectivity index is 2.28. The SMILES string of the molecule is CCCc1nc(-c2cncc(Br)c2)sc1CNC(C)(C)C. The fourth-order valence-electron chi connectivity index (χ4n) is 1.95. The average molecular weight is 368 g/mol. The van der Waals surface area contributed by atoms with Crippen LogP contribution in [0.3, 0.4) is 0 Å². The predicted molar refractivity (Wildman–Crippen MR) is 93.6 cm³/mol. The lowest BCUT2D eigenvalue weighted by Gasteiger charge is -2.20. The molecule has 0 aliphatic carbocycles. The molecule has 0 aliphatic heterocycles. The van der Waals surface area contributed by atoms with E-state index >= 15 is 0 Å². The average Bonchev–Trinajstić information content (AvgIpc) is 2.79. The van der Waals surface area contributed by atoms with Crippen LogP contribution in [0.2, 0.25) is 0 Å². The first kappa shape index (κ1) is 16.6. The molecule has 0 fully saturated rings. The summed E-state index contributed by atoms with van der Waals surface area (Å²) in [6.07, 6.45) is 5.81. The Labute approximate surface area is 139 Å². The first-order valence-corrected chi connectivity index (χ1v) is 8.84. The molecule has 2 rings (SSSR count). The van der Waals surface area contributed by atoms with Crippen LogP contribution in [0.25, 0.3) is 10.6 Å². The van der Waals surface area contributed by atoms with Gasteiger partial charge in [0, 0.05) is 39.4 Å². The second kappa shape index (κ2) is 6.99. The van der Waals surface area contributed by atoms with Crippen molar-refractivity contribution in [1.29, 1.82) is 0 Å². The minimum absolute atomic E-state index is 0.116. The molecule has 5 heteroatoms. The summed E-state index contributed by atoms with van der Waals surface area (Å²) < 4.78 is 0.988. The first-order valence-electron chi connectivity index (χ1n) is 7.23. The van der Waals surface area contributed by atoms with Crippen molar-refractivity contribution in [2.45, 2.75) is 52.6 Å². The summed E-state index contributed by atoms with van der Waals surface area (Å²) in [6.45, 7) is 9.63. The second-order valence-electron chi connectivity index (χ2n) is 6.13. The molecule has 2 aromatic rings. The van der Waals surface area contributed by atoms with Crippen molar-refractivity contribution in [3.8, 4) is 10.6 Å². The highest BCUT2D eigenvalue weighted by molar-refractivity contribution is 9.10. The van der Waals surface area contributed by atoms with Crippen molar-refractivity contribution in [3.05, 3.63) is 33.5 Å². The number of pyridine rings is 1. The van der Waals surface area contributed by atoms with Crippen molar-refractivity contribution in [2.24, 2.45) is 0 Å². The number of nitrogens with one attached hydrogen (secondary N) is 1. The van der Waals surface area contributed by atoms with Gasteiger partial charge in [0.05, 0.1) is 5.69 Å². The van der Waals surface area contributed by atoms with Crippen LogP contribution in [0.1, 0.15) is 44.7 Å². The van der Waals surface area contributed by atoms with Gasteiger partial charge in [-0.25, -0.2) is 4.98 Å². The largest absolute Gasteiger partial charge is 0.307 e. The van der Waals surface area contributed by atoms with Crippen LogP contribution in [-0.4, -0.2) is 15.5 Å². The number of aryl methyl sites for hydroxylation is 1. The molecule has 0 amide bonds. The topological polar surface area (TPSA) is 37.8 Å². The summed E-state index contributed by atoms with van der Waals surface area (Å²) in [5.74, 6) is 0. The van der Waals surface area contributed by atoms with Gasteiger partial charge in [0.2, 0.25) is 0 Å². The Hall–Kier alpha value is -0.780. The van der Waals surface area contributed by atoms with Crippen molar-refractivity contribution >= 4 is 27.3 Å². The Morgan fingerprint density at radius 3 is 2.67 bits per heavy atom. The van der Waals surface area contributed by atoms with E-state index in [1.165, 1.54) is 10.6 Å². The highest BCUT2D eigenvalue weighted by Crippen LogP contribution is 2.30. The zero-order chi connectivity index (χ0) is 15.5. The quantitative estimate of drug-likeness (QED) is 0.823. The lowest BCUT2D eigenvalue weighted by Crippen LogP contribution is -2.35. The Morgan fingerprint density at radius 1 is 1.29 bits per heavy atom. The predicted octanol–water partition coefficient (Wildman–Crippen LogP) is 4.81. The number of halogens is 1. The monoisotopic (exact) mass is 367 g/mol. The fraction of sp³-hybridized carbons (Fsp3) is 0.500. The molecule has 114 valence electrons. The normalized spacial score (nSPS) is 11.9. The molecule has 0 saturated heterocycles. The van der Waals surface area contributed by atoms with Gasteiger partial charge in [-0.1, -0.05) is 13.3 Å². The van der Waals surface area contributed by atoms with Gasteiger partial charge in [0.25, 0.3) is 0 Å². The van der Waals surface area contributed by atoms with Gasteiger partial charge >= 0.3 is 0 Å². The Morgan fingerprint density at radius 2 is 2.05 bits per heavy atom. The zero-order valence-electron chi connectivity index (χ0n) is 13.0. The number of rotatable bonds is 5. The van der Waals surface area contributed by atoms with E-state index in [0.29, 0.717) is 0 Å². The standard InChI is InChI=1S/C16H22BrN3S/c1-5-6-13-14(10-19-16(2,3)4)21-15(20-13)11-7-12(17)9-18-8-11/h7-9,19H,5-6,10H2,1-4H3. The van der Waals surface area contributed by atoms with E-state index in [0.717, 1.165) is 34.4 Å². The summed E-state index contributed by atoms with van der Waals surface area (Å²) in [5.41, 5.74) is 2.41. The van der Waals surface area contributed by atoms with Crippen molar-refractivity contribution in [2.75, 3.05) is 0 Å². The Bertz CT molecular complexity index is 602. The van der Waals surface area contributed by atoms with E-state index in [1.54, 1.807) is 17.5 Å². The highest BCUT2D eigenvalue weighted by atomic mass is 79.9. The number of aromatic nitrogens is 2. The van der Waals surface area contributed by atoms with Gasteiger partial charge in [-0.3, -0.25) is 4.98 Å². The van der Waals surface area contributed by atoms with Gasteiger partial charge in [0.15, 0.2) is 0 Å². The molecule has 0 aromatic carbocycles. The van der Waals surface area contributed by atoms with Crippen LogP contribution in [0.5, 0.6) is 0 Å². The van der Waals surface area contributed by atoms with E-state index in [-0.39, 0.29) is 5.54 Å². The molecule has 21 heavy (non-hydrogen) atoms. The third-order valence-corrected chi connectivity index (χ3v) is 4.58. The zero-order valence-corrected chi connectivity index (χ0v) is 15.4.